The van der Waals surface area contributed by atoms with Crippen molar-refractivity contribution in [3.8, 4) is 0 Å². The SMILES string of the molecule is CC(C)CN(CC(O)C(N)CC1CCCCC1)C(=O)O. The average molecular weight is 286 g/mol. The second-order valence-corrected chi connectivity index (χ2v) is 6.55. The van der Waals surface area contributed by atoms with Gasteiger partial charge in [-0.1, -0.05) is 46.0 Å². The number of hydrogen-bond acceptors (Lipinski definition) is 3. The maximum Gasteiger partial charge on any atom is 0.407 e. The van der Waals surface area contributed by atoms with Crippen LogP contribution in [-0.4, -0.2) is 46.4 Å². The third-order valence-corrected chi connectivity index (χ3v) is 4.09. The zero-order valence-electron chi connectivity index (χ0n) is 12.8. The highest BCUT2D eigenvalue weighted by Crippen LogP contribution is 2.27. The molecule has 0 aromatic carbocycles. The average Bonchev–Trinajstić information content (AvgIpc) is 2.38. The second kappa shape index (κ2) is 8.47. The lowest BCUT2D eigenvalue weighted by molar-refractivity contribution is 0.0707. The van der Waals surface area contributed by atoms with Gasteiger partial charge in [0.15, 0.2) is 0 Å². The quantitative estimate of drug-likeness (QED) is 0.670. The monoisotopic (exact) mass is 286 g/mol. The van der Waals surface area contributed by atoms with Crippen LogP contribution < -0.4 is 5.73 Å². The molecule has 1 amide bonds. The van der Waals surface area contributed by atoms with Gasteiger partial charge in [0, 0.05) is 12.6 Å². The normalized spacial score (nSPS) is 19.9. The molecule has 0 radical (unpaired) electrons. The Balaban J connectivity index is 2.41. The van der Waals surface area contributed by atoms with Gasteiger partial charge >= 0.3 is 6.09 Å². The molecule has 0 saturated heterocycles. The van der Waals surface area contributed by atoms with Gasteiger partial charge in [0.05, 0.1) is 12.6 Å². The lowest BCUT2D eigenvalue weighted by Gasteiger charge is -2.30. The van der Waals surface area contributed by atoms with Gasteiger partial charge in [-0.25, -0.2) is 4.79 Å². The molecule has 20 heavy (non-hydrogen) atoms. The number of carbonyl (C=O) groups is 1. The lowest BCUT2D eigenvalue weighted by atomic mass is 9.84. The molecule has 1 aliphatic carbocycles. The summed E-state index contributed by atoms with van der Waals surface area (Å²) in [5.74, 6) is 0.838. The van der Waals surface area contributed by atoms with E-state index in [2.05, 4.69) is 0 Å². The third kappa shape index (κ3) is 6.09. The summed E-state index contributed by atoms with van der Waals surface area (Å²) in [6.07, 6.45) is 5.23. The summed E-state index contributed by atoms with van der Waals surface area (Å²) in [5, 5.41) is 19.3. The first-order chi connectivity index (χ1) is 9.40. The van der Waals surface area contributed by atoms with Crippen molar-refractivity contribution < 1.29 is 15.0 Å². The van der Waals surface area contributed by atoms with E-state index in [0.29, 0.717) is 12.5 Å². The van der Waals surface area contributed by atoms with Gasteiger partial charge in [0.1, 0.15) is 0 Å². The van der Waals surface area contributed by atoms with Crippen LogP contribution in [0, 0.1) is 11.8 Å². The predicted molar refractivity (Wildman–Crippen MR) is 79.6 cm³/mol. The Hall–Kier alpha value is -0.810. The molecule has 5 nitrogen and oxygen atoms in total. The van der Waals surface area contributed by atoms with Crippen molar-refractivity contribution in [2.75, 3.05) is 13.1 Å². The number of carboxylic acid groups (broad SMARTS) is 1. The van der Waals surface area contributed by atoms with Crippen LogP contribution in [0.15, 0.2) is 0 Å². The van der Waals surface area contributed by atoms with E-state index in [1.54, 1.807) is 0 Å². The minimum Gasteiger partial charge on any atom is -0.465 e. The number of aliphatic hydroxyl groups excluding tert-OH is 1. The summed E-state index contributed by atoms with van der Waals surface area (Å²) in [4.78, 5) is 12.4. The fraction of sp³-hybridized carbons (Fsp3) is 0.933. The summed E-state index contributed by atoms with van der Waals surface area (Å²) in [6, 6.07) is -0.327. The van der Waals surface area contributed by atoms with E-state index in [0.717, 1.165) is 6.42 Å². The number of rotatable bonds is 7. The minimum absolute atomic E-state index is 0.113. The third-order valence-electron chi connectivity index (χ3n) is 4.09. The van der Waals surface area contributed by atoms with Crippen molar-refractivity contribution >= 4 is 6.09 Å². The zero-order valence-corrected chi connectivity index (χ0v) is 12.8. The highest BCUT2D eigenvalue weighted by atomic mass is 16.4. The zero-order chi connectivity index (χ0) is 15.1. The molecule has 5 heteroatoms. The predicted octanol–water partition coefficient (Wildman–Crippen LogP) is 2.28. The molecular weight excluding hydrogens is 256 g/mol. The molecule has 118 valence electrons. The molecule has 1 fully saturated rings. The van der Waals surface area contributed by atoms with Gasteiger partial charge in [0.2, 0.25) is 0 Å². The number of hydrogen-bond donors (Lipinski definition) is 3. The van der Waals surface area contributed by atoms with E-state index >= 15 is 0 Å². The van der Waals surface area contributed by atoms with Crippen molar-refractivity contribution in [1.82, 2.24) is 4.90 Å². The summed E-state index contributed by atoms with van der Waals surface area (Å²) >= 11 is 0. The summed E-state index contributed by atoms with van der Waals surface area (Å²) in [6.45, 7) is 4.47. The Morgan fingerprint density at radius 3 is 2.35 bits per heavy atom. The van der Waals surface area contributed by atoms with Crippen molar-refractivity contribution in [2.24, 2.45) is 17.6 Å². The molecule has 0 spiro atoms. The first-order valence-corrected chi connectivity index (χ1v) is 7.81. The first-order valence-electron chi connectivity index (χ1n) is 7.81. The summed E-state index contributed by atoms with van der Waals surface area (Å²) in [7, 11) is 0. The van der Waals surface area contributed by atoms with Crippen LogP contribution in [0.2, 0.25) is 0 Å². The molecular formula is C15H30N2O3. The Morgan fingerprint density at radius 2 is 1.85 bits per heavy atom. The molecule has 2 unspecified atom stereocenters. The van der Waals surface area contributed by atoms with Crippen LogP contribution in [0.5, 0.6) is 0 Å². The van der Waals surface area contributed by atoms with Crippen LogP contribution in [-0.2, 0) is 0 Å². The largest absolute Gasteiger partial charge is 0.465 e. The van der Waals surface area contributed by atoms with Crippen molar-refractivity contribution in [1.29, 1.82) is 0 Å². The molecule has 2 atom stereocenters. The molecule has 0 aromatic heterocycles. The van der Waals surface area contributed by atoms with Crippen molar-refractivity contribution in [3.63, 3.8) is 0 Å². The van der Waals surface area contributed by atoms with Crippen LogP contribution >= 0.6 is 0 Å². The van der Waals surface area contributed by atoms with Crippen LogP contribution in [0.25, 0.3) is 0 Å². The molecule has 0 bridgehead atoms. The van der Waals surface area contributed by atoms with E-state index in [1.165, 1.54) is 37.0 Å². The Labute approximate surface area is 122 Å². The molecule has 4 N–H and O–H groups in total. The van der Waals surface area contributed by atoms with Crippen LogP contribution in [0.3, 0.4) is 0 Å². The topological polar surface area (TPSA) is 86.8 Å². The number of aliphatic hydroxyl groups is 1. The van der Waals surface area contributed by atoms with Gasteiger partial charge < -0.3 is 20.8 Å². The Morgan fingerprint density at radius 1 is 1.25 bits per heavy atom. The van der Waals surface area contributed by atoms with Crippen molar-refractivity contribution in [2.45, 2.75) is 64.5 Å². The standard InChI is InChI=1S/C15H30N2O3/c1-11(2)9-17(15(19)20)10-14(18)13(16)8-12-6-4-3-5-7-12/h11-14,18H,3-10,16H2,1-2H3,(H,19,20). The number of nitrogens with zero attached hydrogens (tertiary/aromatic N) is 1. The van der Waals surface area contributed by atoms with Gasteiger partial charge in [-0.3, -0.25) is 0 Å². The summed E-state index contributed by atoms with van der Waals surface area (Å²) < 4.78 is 0. The number of nitrogens with two attached hydrogens (primary N) is 1. The van der Waals surface area contributed by atoms with E-state index in [-0.39, 0.29) is 18.5 Å². The molecule has 0 aliphatic heterocycles. The molecule has 0 heterocycles. The Kier molecular flexibility index (Phi) is 7.30. The number of amides is 1. The Bertz CT molecular complexity index is 291. The van der Waals surface area contributed by atoms with Gasteiger partial charge in [-0.15, -0.1) is 0 Å². The van der Waals surface area contributed by atoms with Crippen molar-refractivity contribution in [3.05, 3.63) is 0 Å². The smallest absolute Gasteiger partial charge is 0.407 e. The first kappa shape index (κ1) is 17.2. The van der Waals surface area contributed by atoms with Crippen LogP contribution in [0.4, 0.5) is 4.79 Å². The second-order valence-electron chi connectivity index (χ2n) is 6.55. The van der Waals surface area contributed by atoms with Gasteiger partial charge in [-0.05, 0) is 18.3 Å². The molecule has 1 rings (SSSR count). The molecule has 0 aromatic rings. The van der Waals surface area contributed by atoms with E-state index in [9.17, 15) is 9.90 Å². The fourth-order valence-electron chi connectivity index (χ4n) is 3.00. The van der Waals surface area contributed by atoms with E-state index in [4.69, 9.17) is 10.8 Å². The van der Waals surface area contributed by atoms with E-state index < -0.39 is 12.2 Å². The summed E-state index contributed by atoms with van der Waals surface area (Å²) in [5.41, 5.74) is 6.06. The molecule has 1 saturated carbocycles. The lowest BCUT2D eigenvalue weighted by Crippen LogP contribution is -2.47. The maximum atomic E-state index is 11.2. The molecule has 1 aliphatic rings. The fourth-order valence-corrected chi connectivity index (χ4v) is 3.00. The highest BCUT2D eigenvalue weighted by molar-refractivity contribution is 5.64. The van der Waals surface area contributed by atoms with Crippen LogP contribution in [0.1, 0.15) is 52.4 Å². The minimum atomic E-state index is -0.984. The van der Waals surface area contributed by atoms with Gasteiger partial charge in [0.25, 0.3) is 0 Å². The maximum absolute atomic E-state index is 11.2. The van der Waals surface area contributed by atoms with E-state index in [1.807, 2.05) is 13.8 Å². The highest BCUT2D eigenvalue weighted by Gasteiger charge is 2.25. The van der Waals surface area contributed by atoms with Gasteiger partial charge in [-0.2, -0.15) is 0 Å².